The van der Waals surface area contributed by atoms with E-state index < -0.39 is 10.1 Å². The van der Waals surface area contributed by atoms with Crippen LogP contribution < -0.4 is 4.18 Å². The second-order valence-corrected chi connectivity index (χ2v) is 7.15. The Bertz CT molecular complexity index is 775. The Morgan fingerprint density at radius 1 is 0.857 bits per heavy atom. The minimum Gasteiger partial charge on any atom is -0.379 e. The zero-order chi connectivity index (χ0) is 15.8. The lowest BCUT2D eigenvalue weighted by atomic mass is 10.1. The van der Waals surface area contributed by atoms with Crippen molar-refractivity contribution in [1.29, 1.82) is 0 Å². The number of halogens is 1. The molecule has 0 saturated heterocycles. The Morgan fingerprint density at radius 2 is 1.43 bits per heavy atom. The molecular formula is C16H17ClO3S. The van der Waals surface area contributed by atoms with Crippen LogP contribution in [0.15, 0.2) is 35.2 Å². The molecule has 2 aromatic rings. The number of rotatable bonds is 3. The van der Waals surface area contributed by atoms with Gasteiger partial charge in [-0.1, -0.05) is 17.7 Å². The van der Waals surface area contributed by atoms with E-state index in [9.17, 15) is 8.42 Å². The van der Waals surface area contributed by atoms with Gasteiger partial charge < -0.3 is 4.18 Å². The molecule has 0 aliphatic carbocycles. The normalized spacial score (nSPS) is 11.5. The molecule has 0 radical (unpaired) electrons. The molecular weight excluding hydrogens is 308 g/mol. The SMILES string of the molecule is Cc1cc(C)cc(OS(=O)(=O)c2cc(C)c(Cl)cc2C)c1. The number of benzene rings is 2. The van der Waals surface area contributed by atoms with Crippen LogP contribution in [-0.2, 0) is 10.1 Å². The summed E-state index contributed by atoms with van der Waals surface area (Å²) in [4.78, 5) is 0.142. The standard InChI is InChI=1S/C16H17ClO3S/c1-10-5-11(2)7-14(6-10)20-21(18,19)16-9-12(3)15(17)8-13(16)4/h5-9H,1-4H3. The predicted molar refractivity (Wildman–Crippen MR) is 84.7 cm³/mol. The van der Waals surface area contributed by atoms with Gasteiger partial charge in [0.2, 0.25) is 0 Å². The first-order valence-corrected chi connectivity index (χ1v) is 8.27. The highest BCUT2D eigenvalue weighted by atomic mass is 35.5. The van der Waals surface area contributed by atoms with E-state index in [2.05, 4.69) is 0 Å². The molecule has 0 atom stereocenters. The second-order valence-electron chi connectivity index (χ2n) is 5.23. The van der Waals surface area contributed by atoms with E-state index in [1.165, 1.54) is 6.07 Å². The van der Waals surface area contributed by atoms with Crippen molar-refractivity contribution in [3.8, 4) is 5.75 Å². The van der Waals surface area contributed by atoms with Crippen molar-refractivity contribution in [2.45, 2.75) is 32.6 Å². The average Bonchev–Trinajstić information content (AvgIpc) is 2.31. The van der Waals surface area contributed by atoms with Crippen LogP contribution in [0.2, 0.25) is 5.02 Å². The van der Waals surface area contributed by atoms with Crippen molar-refractivity contribution in [3.63, 3.8) is 0 Å². The molecule has 0 aliphatic rings. The van der Waals surface area contributed by atoms with Gasteiger partial charge in [0.05, 0.1) is 0 Å². The molecule has 2 rings (SSSR count). The quantitative estimate of drug-likeness (QED) is 0.789. The summed E-state index contributed by atoms with van der Waals surface area (Å²) >= 11 is 6.00. The molecule has 2 aromatic carbocycles. The van der Waals surface area contributed by atoms with Gasteiger partial charge in [-0.2, -0.15) is 8.42 Å². The molecule has 0 spiro atoms. The molecule has 0 heterocycles. The maximum atomic E-state index is 12.4. The van der Waals surface area contributed by atoms with Gasteiger partial charge in [0, 0.05) is 5.02 Å². The van der Waals surface area contributed by atoms with Gasteiger partial charge >= 0.3 is 10.1 Å². The lowest BCUT2D eigenvalue weighted by Crippen LogP contribution is -2.12. The fourth-order valence-corrected chi connectivity index (χ4v) is 3.61. The molecule has 112 valence electrons. The minimum atomic E-state index is -3.88. The van der Waals surface area contributed by atoms with Gasteiger partial charge in [0.25, 0.3) is 0 Å². The second kappa shape index (κ2) is 5.70. The largest absolute Gasteiger partial charge is 0.379 e. The van der Waals surface area contributed by atoms with Gasteiger partial charge in [-0.3, -0.25) is 0 Å². The summed E-state index contributed by atoms with van der Waals surface area (Å²) in [5.41, 5.74) is 3.16. The molecule has 0 aromatic heterocycles. The highest BCUT2D eigenvalue weighted by molar-refractivity contribution is 7.87. The van der Waals surface area contributed by atoms with E-state index in [0.29, 0.717) is 21.9 Å². The molecule has 0 unspecified atom stereocenters. The van der Waals surface area contributed by atoms with Crippen LogP contribution in [0, 0.1) is 27.7 Å². The maximum absolute atomic E-state index is 12.4. The third kappa shape index (κ3) is 3.57. The van der Waals surface area contributed by atoms with E-state index in [1.54, 1.807) is 32.0 Å². The van der Waals surface area contributed by atoms with Crippen LogP contribution in [0.5, 0.6) is 5.75 Å². The van der Waals surface area contributed by atoms with Crippen molar-refractivity contribution < 1.29 is 12.6 Å². The van der Waals surface area contributed by atoms with Gasteiger partial charge in [-0.15, -0.1) is 0 Å². The monoisotopic (exact) mass is 324 g/mol. The fourth-order valence-electron chi connectivity index (χ4n) is 2.18. The van der Waals surface area contributed by atoms with Gasteiger partial charge in [0.1, 0.15) is 10.6 Å². The van der Waals surface area contributed by atoms with Crippen molar-refractivity contribution in [2.75, 3.05) is 0 Å². The lowest BCUT2D eigenvalue weighted by Gasteiger charge is -2.12. The molecule has 0 saturated carbocycles. The Morgan fingerprint density at radius 3 is 2.00 bits per heavy atom. The molecule has 21 heavy (non-hydrogen) atoms. The summed E-state index contributed by atoms with van der Waals surface area (Å²) in [6.45, 7) is 7.25. The molecule has 0 N–H and O–H groups in total. The average molecular weight is 325 g/mol. The van der Waals surface area contributed by atoms with Crippen LogP contribution in [-0.4, -0.2) is 8.42 Å². The molecule has 3 nitrogen and oxygen atoms in total. The first kappa shape index (κ1) is 15.9. The number of aryl methyl sites for hydroxylation is 4. The zero-order valence-electron chi connectivity index (χ0n) is 12.4. The van der Waals surface area contributed by atoms with Crippen molar-refractivity contribution in [1.82, 2.24) is 0 Å². The topological polar surface area (TPSA) is 43.4 Å². The summed E-state index contributed by atoms with van der Waals surface area (Å²) in [6, 6.07) is 8.52. The Labute approximate surface area is 130 Å². The number of hydrogen-bond acceptors (Lipinski definition) is 3. The van der Waals surface area contributed by atoms with E-state index in [0.717, 1.165) is 11.1 Å². The van der Waals surface area contributed by atoms with Crippen LogP contribution in [0.1, 0.15) is 22.3 Å². The van der Waals surface area contributed by atoms with Crippen LogP contribution in [0.4, 0.5) is 0 Å². The van der Waals surface area contributed by atoms with Crippen LogP contribution in [0.25, 0.3) is 0 Å². The van der Waals surface area contributed by atoms with Crippen molar-refractivity contribution in [3.05, 3.63) is 57.6 Å². The van der Waals surface area contributed by atoms with Crippen molar-refractivity contribution >= 4 is 21.7 Å². The third-order valence-corrected chi connectivity index (χ3v) is 4.92. The number of hydrogen-bond donors (Lipinski definition) is 0. The smallest absolute Gasteiger partial charge is 0.339 e. The molecule has 5 heteroatoms. The van der Waals surface area contributed by atoms with E-state index in [4.69, 9.17) is 15.8 Å². The third-order valence-electron chi connectivity index (χ3n) is 3.13. The minimum absolute atomic E-state index is 0.142. The predicted octanol–water partition coefficient (Wildman–Crippen LogP) is 4.34. The van der Waals surface area contributed by atoms with Gasteiger partial charge in [-0.25, -0.2) is 0 Å². The Hall–Kier alpha value is -1.52. The fraction of sp³-hybridized carbons (Fsp3) is 0.250. The summed E-state index contributed by atoms with van der Waals surface area (Å²) in [5, 5.41) is 0.540. The lowest BCUT2D eigenvalue weighted by molar-refractivity contribution is 0.485. The zero-order valence-corrected chi connectivity index (χ0v) is 14.0. The summed E-state index contributed by atoms with van der Waals surface area (Å²) < 4.78 is 30.1. The molecule has 0 bridgehead atoms. The van der Waals surface area contributed by atoms with E-state index >= 15 is 0 Å². The van der Waals surface area contributed by atoms with Crippen LogP contribution >= 0.6 is 11.6 Å². The first-order valence-electron chi connectivity index (χ1n) is 6.48. The summed E-state index contributed by atoms with van der Waals surface area (Å²) in [5.74, 6) is 0.319. The van der Waals surface area contributed by atoms with Gasteiger partial charge in [-0.05, 0) is 74.2 Å². The van der Waals surface area contributed by atoms with E-state index in [1.807, 2.05) is 19.9 Å². The summed E-state index contributed by atoms with van der Waals surface area (Å²) in [6.07, 6.45) is 0. The highest BCUT2D eigenvalue weighted by Gasteiger charge is 2.20. The Kier molecular flexibility index (Phi) is 4.30. The molecule has 0 fully saturated rings. The van der Waals surface area contributed by atoms with E-state index in [-0.39, 0.29) is 4.90 Å². The van der Waals surface area contributed by atoms with Crippen LogP contribution in [0.3, 0.4) is 0 Å². The molecule has 0 aliphatic heterocycles. The first-order chi connectivity index (χ1) is 9.69. The van der Waals surface area contributed by atoms with Gasteiger partial charge in [0.15, 0.2) is 0 Å². The summed E-state index contributed by atoms with van der Waals surface area (Å²) in [7, 11) is -3.88. The molecule has 0 amide bonds. The maximum Gasteiger partial charge on any atom is 0.339 e. The van der Waals surface area contributed by atoms with Crippen molar-refractivity contribution in [2.24, 2.45) is 0 Å². The Balaban J connectivity index is 2.45. The highest BCUT2D eigenvalue weighted by Crippen LogP contribution is 2.27.